The molecule has 0 radical (unpaired) electrons. The second kappa shape index (κ2) is 10.0. The van der Waals surface area contributed by atoms with Crippen LogP contribution in [0.3, 0.4) is 0 Å². The van der Waals surface area contributed by atoms with Crippen LogP contribution in [0.15, 0.2) is 48.5 Å². The van der Waals surface area contributed by atoms with Gasteiger partial charge in [-0.25, -0.2) is 9.18 Å². The number of hydrogen-bond donors (Lipinski definition) is 1. The normalized spacial score (nSPS) is 15.3. The SMILES string of the molecule is COCCN(C(=O)OCc1ccccc1)[C@H]1CCc2c(c3cc(F)ccc3n2CC(=O)O)C1. The molecule has 0 saturated heterocycles. The molecule has 0 bridgehead atoms. The first-order valence-corrected chi connectivity index (χ1v) is 11.0. The zero-order valence-electron chi connectivity index (χ0n) is 18.5. The number of halogens is 1. The number of aliphatic carboxylic acids is 1. The molecule has 7 nitrogen and oxygen atoms in total. The summed E-state index contributed by atoms with van der Waals surface area (Å²) in [6.45, 7) is 0.713. The van der Waals surface area contributed by atoms with Crippen molar-refractivity contribution in [2.45, 2.75) is 38.5 Å². The average Bonchev–Trinajstić information content (AvgIpc) is 3.10. The lowest BCUT2D eigenvalue weighted by Crippen LogP contribution is -2.45. The fourth-order valence-corrected chi connectivity index (χ4v) is 4.60. The maximum atomic E-state index is 14.1. The van der Waals surface area contributed by atoms with Crippen LogP contribution < -0.4 is 0 Å². The maximum absolute atomic E-state index is 14.1. The number of nitrogens with zero attached hydrogens (tertiary/aromatic N) is 2. The monoisotopic (exact) mass is 454 g/mol. The van der Waals surface area contributed by atoms with Crippen molar-refractivity contribution in [2.24, 2.45) is 0 Å². The predicted molar refractivity (Wildman–Crippen MR) is 121 cm³/mol. The van der Waals surface area contributed by atoms with E-state index in [2.05, 4.69) is 0 Å². The summed E-state index contributed by atoms with van der Waals surface area (Å²) in [7, 11) is 1.58. The molecular weight excluding hydrogens is 427 g/mol. The molecule has 1 atom stereocenters. The highest BCUT2D eigenvalue weighted by molar-refractivity contribution is 5.87. The number of ether oxygens (including phenoxy) is 2. The quantitative estimate of drug-likeness (QED) is 0.556. The molecule has 0 saturated carbocycles. The van der Waals surface area contributed by atoms with Crippen molar-refractivity contribution in [1.29, 1.82) is 0 Å². The summed E-state index contributed by atoms with van der Waals surface area (Å²) in [6.07, 6.45) is 1.30. The summed E-state index contributed by atoms with van der Waals surface area (Å²) < 4.78 is 26.6. The molecule has 8 heteroatoms. The van der Waals surface area contributed by atoms with Crippen molar-refractivity contribution in [3.8, 4) is 0 Å². The van der Waals surface area contributed by atoms with E-state index in [1.165, 1.54) is 12.1 Å². The van der Waals surface area contributed by atoms with Gasteiger partial charge in [-0.2, -0.15) is 0 Å². The summed E-state index contributed by atoms with van der Waals surface area (Å²) >= 11 is 0. The zero-order chi connectivity index (χ0) is 23.4. The second-order valence-electron chi connectivity index (χ2n) is 8.19. The maximum Gasteiger partial charge on any atom is 0.410 e. The number of carboxylic acid groups (broad SMARTS) is 1. The van der Waals surface area contributed by atoms with E-state index < -0.39 is 12.1 Å². The Morgan fingerprint density at radius 1 is 1.21 bits per heavy atom. The lowest BCUT2D eigenvalue weighted by Gasteiger charge is -2.34. The standard InChI is InChI=1S/C25H27FN2O5/c1-32-12-11-27(25(31)33-16-17-5-3-2-4-6-17)19-8-10-23-21(14-19)20-13-18(26)7-9-22(20)28(23)15-24(29)30/h2-7,9,13,19H,8,10-12,14-16H2,1H3,(H,29,30)/t19-/m0/s1. The van der Waals surface area contributed by atoms with E-state index in [9.17, 15) is 19.1 Å². The summed E-state index contributed by atoms with van der Waals surface area (Å²) in [4.78, 5) is 26.1. The highest BCUT2D eigenvalue weighted by atomic mass is 19.1. The predicted octanol–water partition coefficient (Wildman–Crippen LogP) is 4.01. The smallest absolute Gasteiger partial charge is 0.410 e. The molecule has 0 aliphatic heterocycles. The third-order valence-electron chi connectivity index (χ3n) is 6.11. The van der Waals surface area contributed by atoms with Crippen LogP contribution in [-0.2, 0) is 40.3 Å². The molecule has 1 N–H and O–H groups in total. The summed E-state index contributed by atoms with van der Waals surface area (Å²) in [5.41, 5.74) is 3.37. The van der Waals surface area contributed by atoms with Gasteiger partial charge in [-0.1, -0.05) is 30.3 Å². The molecule has 4 rings (SSSR count). The summed E-state index contributed by atoms with van der Waals surface area (Å²) in [5, 5.41) is 10.1. The Morgan fingerprint density at radius 2 is 2.00 bits per heavy atom. The molecule has 1 aromatic heterocycles. The molecule has 1 amide bonds. The van der Waals surface area contributed by atoms with E-state index in [1.807, 2.05) is 30.3 Å². The Labute approximate surface area is 191 Å². The number of carbonyl (C=O) groups is 2. The number of hydrogen-bond acceptors (Lipinski definition) is 4. The fraction of sp³-hybridized carbons (Fsp3) is 0.360. The van der Waals surface area contributed by atoms with Crippen LogP contribution >= 0.6 is 0 Å². The van der Waals surface area contributed by atoms with Crippen molar-refractivity contribution in [2.75, 3.05) is 20.3 Å². The van der Waals surface area contributed by atoms with Gasteiger partial charge in [0.25, 0.3) is 0 Å². The van der Waals surface area contributed by atoms with E-state index in [4.69, 9.17) is 9.47 Å². The Kier molecular flexibility index (Phi) is 6.93. The van der Waals surface area contributed by atoms with Gasteiger partial charge < -0.3 is 24.0 Å². The first kappa shape index (κ1) is 22.8. The van der Waals surface area contributed by atoms with Crippen molar-refractivity contribution in [1.82, 2.24) is 9.47 Å². The molecule has 1 aliphatic carbocycles. The van der Waals surface area contributed by atoms with Crippen LogP contribution in [0.4, 0.5) is 9.18 Å². The van der Waals surface area contributed by atoms with Crippen molar-refractivity contribution in [3.63, 3.8) is 0 Å². The van der Waals surface area contributed by atoms with Gasteiger partial charge in [0.2, 0.25) is 0 Å². The largest absolute Gasteiger partial charge is 0.480 e. The van der Waals surface area contributed by atoms with E-state index in [0.29, 0.717) is 43.3 Å². The highest BCUT2D eigenvalue weighted by Gasteiger charge is 2.32. The summed E-state index contributed by atoms with van der Waals surface area (Å²) in [5.74, 6) is -1.33. The number of rotatable bonds is 8. The van der Waals surface area contributed by atoms with E-state index in [0.717, 1.165) is 16.8 Å². The number of carbonyl (C=O) groups excluding carboxylic acids is 1. The molecule has 174 valence electrons. The summed E-state index contributed by atoms with van der Waals surface area (Å²) in [6, 6.07) is 13.7. The fourth-order valence-electron chi connectivity index (χ4n) is 4.60. The second-order valence-corrected chi connectivity index (χ2v) is 8.19. The first-order chi connectivity index (χ1) is 16.0. The molecule has 0 unspecified atom stereocenters. The molecule has 0 fully saturated rings. The van der Waals surface area contributed by atoms with Gasteiger partial charge in [-0.3, -0.25) is 4.79 Å². The van der Waals surface area contributed by atoms with E-state index in [1.54, 1.807) is 22.6 Å². The number of amides is 1. The third kappa shape index (κ3) is 5.01. The number of fused-ring (bicyclic) bond motifs is 3. The van der Waals surface area contributed by atoms with Crippen LogP contribution in [0.1, 0.15) is 23.2 Å². The van der Waals surface area contributed by atoms with Crippen LogP contribution in [0, 0.1) is 5.82 Å². The number of methoxy groups -OCH3 is 1. The lowest BCUT2D eigenvalue weighted by molar-refractivity contribution is -0.137. The minimum atomic E-state index is -0.952. The van der Waals surface area contributed by atoms with Gasteiger partial charge in [-0.05, 0) is 48.6 Å². The lowest BCUT2D eigenvalue weighted by atomic mass is 9.90. The Bertz CT molecular complexity index is 1140. The number of carboxylic acids is 1. The number of aromatic nitrogens is 1. The Morgan fingerprint density at radius 3 is 2.73 bits per heavy atom. The van der Waals surface area contributed by atoms with Gasteiger partial charge in [0, 0.05) is 36.3 Å². The molecule has 1 heterocycles. The third-order valence-corrected chi connectivity index (χ3v) is 6.11. The minimum absolute atomic E-state index is 0.164. The van der Waals surface area contributed by atoms with Crippen LogP contribution in [-0.4, -0.2) is 52.9 Å². The first-order valence-electron chi connectivity index (χ1n) is 11.0. The Balaban J connectivity index is 1.60. The van der Waals surface area contributed by atoms with E-state index >= 15 is 0 Å². The van der Waals surface area contributed by atoms with Gasteiger partial charge in [0.1, 0.15) is 19.0 Å². The van der Waals surface area contributed by atoms with Gasteiger partial charge >= 0.3 is 12.1 Å². The average molecular weight is 454 g/mol. The molecule has 3 aromatic rings. The van der Waals surface area contributed by atoms with Crippen molar-refractivity contribution in [3.05, 3.63) is 71.2 Å². The van der Waals surface area contributed by atoms with Crippen LogP contribution in [0.25, 0.3) is 10.9 Å². The van der Waals surface area contributed by atoms with Crippen molar-refractivity contribution >= 4 is 23.0 Å². The zero-order valence-corrected chi connectivity index (χ0v) is 18.5. The number of benzene rings is 2. The topological polar surface area (TPSA) is 81.0 Å². The van der Waals surface area contributed by atoms with Gasteiger partial charge in [-0.15, -0.1) is 0 Å². The highest BCUT2D eigenvalue weighted by Crippen LogP contribution is 2.34. The molecular formula is C25H27FN2O5. The molecule has 33 heavy (non-hydrogen) atoms. The van der Waals surface area contributed by atoms with Crippen LogP contribution in [0.2, 0.25) is 0 Å². The van der Waals surface area contributed by atoms with Crippen LogP contribution in [0.5, 0.6) is 0 Å². The van der Waals surface area contributed by atoms with Crippen molar-refractivity contribution < 1.29 is 28.6 Å². The Hall–Kier alpha value is -3.39. The molecule has 2 aromatic carbocycles. The van der Waals surface area contributed by atoms with Gasteiger partial charge in [0.15, 0.2) is 0 Å². The van der Waals surface area contributed by atoms with E-state index in [-0.39, 0.29) is 25.0 Å². The minimum Gasteiger partial charge on any atom is -0.480 e. The molecule has 1 aliphatic rings. The van der Waals surface area contributed by atoms with Gasteiger partial charge in [0.05, 0.1) is 6.61 Å². The molecule has 0 spiro atoms.